The number of nitrogens with zero attached hydrogens (tertiary/aromatic N) is 2. The summed E-state index contributed by atoms with van der Waals surface area (Å²) >= 11 is 0. The molecule has 7 aromatic rings. The van der Waals surface area contributed by atoms with Gasteiger partial charge in [0.25, 0.3) is 0 Å². The average molecular weight is 694 g/mol. The number of fused-ring (bicyclic) bond motifs is 3. The first-order valence-electron chi connectivity index (χ1n) is 18.6. The monoisotopic (exact) mass is 693 g/mol. The molecular formula is C51H39N3. The lowest BCUT2D eigenvalue weighted by Gasteiger charge is -2.13. The molecule has 7 aromatic carbocycles. The van der Waals surface area contributed by atoms with Gasteiger partial charge in [-0.3, -0.25) is 9.98 Å². The Morgan fingerprint density at radius 1 is 0.463 bits per heavy atom. The first-order valence-corrected chi connectivity index (χ1v) is 18.6. The second-order valence-electron chi connectivity index (χ2n) is 13.8. The van der Waals surface area contributed by atoms with Crippen LogP contribution in [-0.4, -0.2) is 18.1 Å². The Morgan fingerprint density at radius 3 is 1.85 bits per heavy atom. The normalized spacial score (nSPS) is 13.4. The number of hydrogen-bond donors (Lipinski definition) is 1. The lowest BCUT2D eigenvalue weighted by Crippen LogP contribution is -2.16. The number of rotatable bonds is 9. The fourth-order valence-electron chi connectivity index (χ4n) is 7.76. The predicted octanol–water partition coefficient (Wildman–Crippen LogP) is 11.5. The van der Waals surface area contributed by atoms with Crippen LogP contribution in [0.1, 0.15) is 38.9 Å². The Hall–Kier alpha value is -6.84. The molecule has 0 bridgehead atoms. The van der Waals surface area contributed by atoms with Crippen LogP contribution in [0.2, 0.25) is 0 Å². The van der Waals surface area contributed by atoms with Crippen molar-refractivity contribution in [3.05, 3.63) is 227 Å². The summed E-state index contributed by atoms with van der Waals surface area (Å²) in [5, 5.41) is 0. The Morgan fingerprint density at radius 2 is 1.07 bits per heavy atom. The van der Waals surface area contributed by atoms with E-state index in [-0.39, 0.29) is 0 Å². The number of amidine groups is 1. The van der Waals surface area contributed by atoms with Gasteiger partial charge in [-0.25, -0.2) is 0 Å². The van der Waals surface area contributed by atoms with Crippen molar-refractivity contribution in [2.75, 3.05) is 6.54 Å². The quantitative estimate of drug-likeness (QED) is 0.119. The number of aliphatic imine (C=N–C) groups is 2. The van der Waals surface area contributed by atoms with Crippen molar-refractivity contribution in [2.45, 2.75) is 13.0 Å². The van der Waals surface area contributed by atoms with E-state index in [1.54, 1.807) is 0 Å². The number of allylic oxidation sites excluding steroid dienone is 3. The van der Waals surface area contributed by atoms with E-state index in [1.165, 1.54) is 66.8 Å². The number of nitrogens with two attached hydrogens (primary N) is 1. The van der Waals surface area contributed by atoms with Crippen molar-refractivity contribution in [1.82, 2.24) is 0 Å². The molecule has 0 atom stereocenters. The van der Waals surface area contributed by atoms with E-state index in [4.69, 9.17) is 15.7 Å². The van der Waals surface area contributed by atoms with E-state index < -0.39 is 0 Å². The van der Waals surface area contributed by atoms with Crippen LogP contribution >= 0.6 is 0 Å². The highest BCUT2D eigenvalue weighted by Crippen LogP contribution is 2.47. The van der Waals surface area contributed by atoms with Crippen LogP contribution < -0.4 is 5.73 Å². The van der Waals surface area contributed by atoms with Gasteiger partial charge in [0.05, 0.1) is 18.8 Å². The van der Waals surface area contributed by atoms with E-state index >= 15 is 0 Å². The minimum Gasteiger partial charge on any atom is -0.383 e. The molecule has 3 nitrogen and oxygen atoms in total. The van der Waals surface area contributed by atoms with Crippen molar-refractivity contribution >= 4 is 22.7 Å². The van der Waals surface area contributed by atoms with Gasteiger partial charge in [0.1, 0.15) is 5.84 Å². The average Bonchev–Trinajstić information content (AvgIpc) is 3.43. The van der Waals surface area contributed by atoms with E-state index in [2.05, 4.69) is 152 Å². The predicted molar refractivity (Wildman–Crippen MR) is 227 cm³/mol. The van der Waals surface area contributed by atoms with Crippen LogP contribution in [0.25, 0.3) is 44.5 Å². The maximum Gasteiger partial charge on any atom is 0.126 e. The van der Waals surface area contributed by atoms with Gasteiger partial charge in [0.15, 0.2) is 0 Å². The second kappa shape index (κ2) is 14.7. The van der Waals surface area contributed by atoms with Gasteiger partial charge >= 0.3 is 0 Å². The summed E-state index contributed by atoms with van der Waals surface area (Å²) in [5.74, 6) is 0.506. The highest BCUT2D eigenvalue weighted by molar-refractivity contribution is 6.06. The van der Waals surface area contributed by atoms with Gasteiger partial charge < -0.3 is 5.73 Å². The van der Waals surface area contributed by atoms with Crippen LogP contribution in [0.4, 0.5) is 0 Å². The van der Waals surface area contributed by atoms with E-state index in [9.17, 15) is 0 Å². The molecule has 0 radical (unpaired) electrons. The summed E-state index contributed by atoms with van der Waals surface area (Å²) in [6, 6.07) is 62.1. The molecule has 2 N–H and O–H groups in total. The van der Waals surface area contributed by atoms with Crippen LogP contribution in [-0.2, 0) is 13.0 Å². The van der Waals surface area contributed by atoms with E-state index in [0.29, 0.717) is 18.9 Å². The molecular weight excluding hydrogens is 655 g/mol. The summed E-state index contributed by atoms with van der Waals surface area (Å²) in [6.07, 6.45) is 5.54. The Kier molecular flexibility index (Phi) is 8.96. The maximum atomic E-state index is 6.45. The molecule has 2 aliphatic rings. The fraction of sp³-hybridized carbons (Fsp3) is 0.0588. The van der Waals surface area contributed by atoms with Crippen molar-refractivity contribution in [2.24, 2.45) is 15.7 Å². The smallest absolute Gasteiger partial charge is 0.126 e. The number of benzene rings is 7. The fourth-order valence-corrected chi connectivity index (χ4v) is 7.76. The molecule has 0 amide bonds. The highest BCUT2D eigenvalue weighted by atomic mass is 14.9. The molecule has 3 heteroatoms. The Balaban J connectivity index is 1.00. The summed E-state index contributed by atoms with van der Waals surface area (Å²) < 4.78 is 0. The number of hydrogen-bond acceptors (Lipinski definition) is 2. The van der Waals surface area contributed by atoms with Crippen LogP contribution in [0, 0.1) is 0 Å². The highest BCUT2D eigenvalue weighted by Gasteiger charge is 2.26. The minimum absolute atomic E-state index is 0.379. The first-order chi connectivity index (χ1) is 26.7. The summed E-state index contributed by atoms with van der Waals surface area (Å²) in [6.45, 7) is 0.900. The zero-order valence-electron chi connectivity index (χ0n) is 30.0. The van der Waals surface area contributed by atoms with Crippen LogP contribution in [0.5, 0.6) is 0 Å². The molecule has 0 saturated carbocycles. The third-order valence-electron chi connectivity index (χ3n) is 10.6. The molecule has 0 saturated heterocycles. The molecule has 0 fully saturated rings. The maximum absolute atomic E-state index is 6.45. The van der Waals surface area contributed by atoms with Gasteiger partial charge in [0, 0.05) is 5.56 Å². The van der Waals surface area contributed by atoms with Gasteiger partial charge in [-0.2, -0.15) is 0 Å². The summed E-state index contributed by atoms with van der Waals surface area (Å²) in [7, 11) is 0. The van der Waals surface area contributed by atoms with E-state index in [1.807, 2.05) is 36.4 Å². The van der Waals surface area contributed by atoms with Crippen molar-refractivity contribution in [3.8, 4) is 33.4 Å². The van der Waals surface area contributed by atoms with Crippen molar-refractivity contribution in [3.63, 3.8) is 0 Å². The first kappa shape index (κ1) is 33.0. The minimum atomic E-state index is 0.379. The standard InChI is InChI=1S/C51H39N3/c52-51(40-14-5-2-6-15-40)54-34-49(39-28-24-36(25-29-39)35-12-3-1-4-13-35)53-33-43-16-7-8-18-44(43)38-26-22-37(23-27-38)41-30-31-48-46-20-10-9-19-45(46)47-21-11-17-42(32-41)50(47)48/h1-31H,32-34H2,(H2,52,54)/b53-49+. The molecule has 0 aliphatic heterocycles. The van der Waals surface area contributed by atoms with Gasteiger partial charge in [-0.05, 0) is 84.3 Å². The zero-order valence-corrected chi connectivity index (χ0v) is 30.0. The molecule has 54 heavy (non-hydrogen) atoms. The molecule has 0 aromatic heterocycles. The third kappa shape index (κ3) is 6.53. The van der Waals surface area contributed by atoms with E-state index in [0.717, 1.165) is 28.8 Å². The third-order valence-corrected chi connectivity index (χ3v) is 10.6. The molecule has 258 valence electrons. The molecule has 0 unspecified atom stereocenters. The summed E-state index contributed by atoms with van der Waals surface area (Å²) in [4.78, 5) is 10.0. The van der Waals surface area contributed by atoms with Gasteiger partial charge in [-0.1, -0.05) is 188 Å². The van der Waals surface area contributed by atoms with Gasteiger partial charge in [-0.15, -0.1) is 0 Å². The van der Waals surface area contributed by atoms with Crippen LogP contribution in [0.15, 0.2) is 198 Å². The van der Waals surface area contributed by atoms with Gasteiger partial charge in [0.2, 0.25) is 0 Å². The van der Waals surface area contributed by atoms with Crippen molar-refractivity contribution < 1.29 is 0 Å². The lowest BCUT2D eigenvalue weighted by atomic mass is 9.92. The summed E-state index contributed by atoms with van der Waals surface area (Å²) in [5.41, 5.74) is 25.8. The topological polar surface area (TPSA) is 50.7 Å². The zero-order chi connectivity index (χ0) is 36.3. The Labute approximate surface area is 317 Å². The lowest BCUT2D eigenvalue weighted by molar-refractivity contribution is 1.05. The largest absolute Gasteiger partial charge is 0.383 e. The Bertz CT molecular complexity index is 2590. The van der Waals surface area contributed by atoms with Crippen molar-refractivity contribution in [1.29, 1.82) is 0 Å². The molecule has 9 rings (SSSR count). The molecule has 2 aliphatic carbocycles. The molecule has 0 heterocycles. The van der Waals surface area contributed by atoms with Crippen LogP contribution in [0.3, 0.4) is 0 Å². The SMILES string of the molecule is N/C(=N\C/C(=N\Cc1ccccc1-c1ccc(C2=CC=C3c4ccccc4-c4cccc(c43)C2)cc1)c1ccc(-c2ccccc2)cc1)c1ccccc1. The second-order valence-corrected chi connectivity index (χ2v) is 13.8. The molecule has 0 spiro atoms.